The van der Waals surface area contributed by atoms with Crippen molar-refractivity contribution in [3.63, 3.8) is 0 Å². The maximum atomic E-state index is 11.8. The zero-order chi connectivity index (χ0) is 21.1. The van der Waals surface area contributed by atoms with Gasteiger partial charge in [-0.3, -0.25) is 19.2 Å². The molecule has 0 unspecified atom stereocenters. The number of rotatable bonds is 8. The van der Waals surface area contributed by atoms with Crippen LogP contribution >= 0.6 is 0 Å². The minimum atomic E-state index is -0.576. The van der Waals surface area contributed by atoms with Gasteiger partial charge in [-0.15, -0.1) is 0 Å². The Morgan fingerprint density at radius 3 is 1.46 bits per heavy atom. The first kappa shape index (κ1) is 23.8. The van der Waals surface area contributed by atoms with Crippen LogP contribution in [0.3, 0.4) is 0 Å². The van der Waals surface area contributed by atoms with Gasteiger partial charge in [-0.1, -0.05) is 13.8 Å². The third kappa shape index (κ3) is 7.81. The number of carbonyl (C=O) groups is 4. The van der Waals surface area contributed by atoms with Crippen molar-refractivity contribution in [3.05, 3.63) is 0 Å². The van der Waals surface area contributed by atoms with Crippen LogP contribution in [0.1, 0.15) is 40.5 Å². The first-order valence-corrected chi connectivity index (χ1v) is 9.48. The van der Waals surface area contributed by atoms with E-state index in [9.17, 15) is 19.2 Å². The average molecular weight is 402 g/mol. The van der Waals surface area contributed by atoms with Crippen molar-refractivity contribution >= 4 is 23.8 Å². The lowest BCUT2D eigenvalue weighted by Crippen LogP contribution is -2.36. The predicted molar refractivity (Wildman–Crippen MR) is 97.2 cm³/mol. The van der Waals surface area contributed by atoms with Gasteiger partial charge in [0, 0.05) is 26.9 Å². The highest BCUT2D eigenvalue weighted by atomic mass is 16.7. The molecule has 2 heterocycles. The van der Waals surface area contributed by atoms with E-state index in [1.54, 1.807) is 0 Å². The molecule has 2 rings (SSSR count). The molecule has 2 aliphatic heterocycles. The third-order valence-corrected chi connectivity index (χ3v) is 3.93. The average Bonchev–Trinajstić information content (AvgIpc) is 3.20. The molecule has 0 aromatic carbocycles. The number of esters is 2. The number of hydrogen-bond donors (Lipinski definition) is 2. The van der Waals surface area contributed by atoms with Crippen LogP contribution in [-0.2, 0) is 38.1 Å². The quantitative estimate of drug-likeness (QED) is 0.529. The molecule has 0 aromatic rings. The molecule has 160 valence electrons. The van der Waals surface area contributed by atoms with Gasteiger partial charge >= 0.3 is 11.9 Å². The lowest BCUT2D eigenvalue weighted by Gasteiger charge is -2.17. The highest BCUT2D eigenvalue weighted by Crippen LogP contribution is 2.30. The molecule has 2 N–H and O–H groups in total. The van der Waals surface area contributed by atoms with Crippen molar-refractivity contribution in [1.29, 1.82) is 0 Å². The SMILES string of the molecule is CC.CC(=O)NCCC(=O)O[C@@H]1CO[C@H]2[C@@H]1OC[C@H]2OC(=O)CCNC(C)=O. The second kappa shape index (κ2) is 12.3. The van der Waals surface area contributed by atoms with Crippen LogP contribution in [0.2, 0.25) is 0 Å². The van der Waals surface area contributed by atoms with Crippen LogP contribution in [-0.4, -0.2) is 74.5 Å². The van der Waals surface area contributed by atoms with E-state index < -0.39 is 36.4 Å². The number of carbonyl (C=O) groups excluding carboxylic acids is 4. The van der Waals surface area contributed by atoms with Crippen LogP contribution in [0.25, 0.3) is 0 Å². The molecule has 4 atom stereocenters. The lowest BCUT2D eigenvalue weighted by atomic mass is 10.1. The Bertz CT molecular complexity index is 506. The maximum Gasteiger partial charge on any atom is 0.308 e. The van der Waals surface area contributed by atoms with Crippen molar-refractivity contribution in [2.45, 2.75) is 65.0 Å². The number of fused-ring (bicyclic) bond motifs is 1. The molecule has 0 saturated carbocycles. The standard InChI is InChI=1S/C16H24N2O8.C2H6/c1-9(19)17-5-3-13(21)25-11-7-23-16-12(8-24-15(11)16)26-14(22)4-6-18-10(2)20;1-2/h11-12,15-16H,3-8H2,1-2H3,(H,17,19)(H,18,20);1-2H3/t11-,12-,15-,16-;/m1./s1. The monoisotopic (exact) mass is 402 g/mol. The maximum absolute atomic E-state index is 11.8. The number of amides is 2. The summed E-state index contributed by atoms with van der Waals surface area (Å²) in [5.74, 6) is -1.37. The van der Waals surface area contributed by atoms with Crippen LogP contribution in [0.5, 0.6) is 0 Å². The summed E-state index contributed by atoms with van der Waals surface area (Å²) in [6.07, 6.45) is -2.04. The van der Waals surface area contributed by atoms with Crippen LogP contribution < -0.4 is 10.6 Å². The molecule has 10 nitrogen and oxygen atoms in total. The zero-order valence-corrected chi connectivity index (χ0v) is 16.8. The largest absolute Gasteiger partial charge is 0.457 e. The van der Waals surface area contributed by atoms with E-state index >= 15 is 0 Å². The second-order valence-corrected chi connectivity index (χ2v) is 6.12. The van der Waals surface area contributed by atoms with E-state index in [4.69, 9.17) is 18.9 Å². The summed E-state index contributed by atoms with van der Waals surface area (Å²) in [5, 5.41) is 5.03. The van der Waals surface area contributed by atoms with Gasteiger partial charge < -0.3 is 29.6 Å². The highest BCUT2D eigenvalue weighted by molar-refractivity contribution is 5.75. The molecule has 0 spiro atoms. The van der Waals surface area contributed by atoms with Crippen molar-refractivity contribution in [2.75, 3.05) is 26.3 Å². The van der Waals surface area contributed by atoms with Gasteiger partial charge in [-0.25, -0.2) is 0 Å². The molecular formula is C18H30N2O8. The lowest BCUT2D eigenvalue weighted by molar-refractivity contribution is -0.155. The van der Waals surface area contributed by atoms with E-state index in [-0.39, 0.29) is 51.0 Å². The van der Waals surface area contributed by atoms with Crippen molar-refractivity contribution < 1.29 is 38.1 Å². The Kier molecular flexibility index (Phi) is 10.5. The minimum absolute atomic E-state index is 0.0506. The molecule has 2 fully saturated rings. The van der Waals surface area contributed by atoms with E-state index in [2.05, 4.69) is 10.6 Å². The Balaban J connectivity index is 0.00000190. The smallest absolute Gasteiger partial charge is 0.308 e. The first-order valence-electron chi connectivity index (χ1n) is 9.48. The summed E-state index contributed by atoms with van der Waals surface area (Å²) in [5.41, 5.74) is 0. The number of hydrogen-bond acceptors (Lipinski definition) is 8. The molecule has 2 saturated heterocycles. The summed E-state index contributed by atoms with van der Waals surface area (Å²) in [7, 11) is 0. The molecule has 0 bridgehead atoms. The Labute approximate surface area is 164 Å². The highest BCUT2D eigenvalue weighted by Gasteiger charge is 2.51. The fourth-order valence-corrected chi connectivity index (χ4v) is 2.77. The van der Waals surface area contributed by atoms with Crippen molar-refractivity contribution in [3.8, 4) is 0 Å². The van der Waals surface area contributed by atoms with Gasteiger partial charge in [-0.05, 0) is 0 Å². The Hall–Kier alpha value is -2.20. The second-order valence-electron chi connectivity index (χ2n) is 6.12. The zero-order valence-electron chi connectivity index (χ0n) is 16.8. The van der Waals surface area contributed by atoms with E-state index in [0.29, 0.717) is 0 Å². The van der Waals surface area contributed by atoms with Gasteiger partial charge in [0.25, 0.3) is 0 Å². The van der Waals surface area contributed by atoms with Gasteiger partial charge in [-0.2, -0.15) is 0 Å². The molecule has 2 amide bonds. The predicted octanol–water partition coefficient (Wildman–Crippen LogP) is -0.314. The van der Waals surface area contributed by atoms with Crippen molar-refractivity contribution in [2.24, 2.45) is 0 Å². The summed E-state index contributed by atoms with van der Waals surface area (Å²) in [4.78, 5) is 45.1. The summed E-state index contributed by atoms with van der Waals surface area (Å²) < 4.78 is 21.8. The molecule has 2 aliphatic rings. The molecular weight excluding hydrogens is 372 g/mol. The first-order chi connectivity index (χ1) is 13.4. The summed E-state index contributed by atoms with van der Waals surface area (Å²) in [6.45, 7) is 7.44. The molecule has 10 heteroatoms. The van der Waals surface area contributed by atoms with E-state index in [0.717, 1.165) is 0 Å². The Morgan fingerprint density at radius 1 is 0.786 bits per heavy atom. The topological polar surface area (TPSA) is 129 Å². The molecule has 28 heavy (non-hydrogen) atoms. The van der Waals surface area contributed by atoms with E-state index in [1.165, 1.54) is 13.8 Å². The van der Waals surface area contributed by atoms with Crippen molar-refractivity contribution in [1.82, 2.24) is 10.6 Å². The normalized spacial score (nSPS) is 25.0. The van der Waals surface area contributed by atoms with Crippen LogP contribution in [0, 0.1) is 0 Å². The Morgan fingerprint density at radius 2 is 1.14 bits per heavy atom. The molecule has 0 radical (unpaired) electrons. The van der Waals surface area contributed by atoms with Crippen LogP contribution in [0.15, 0.2) is 0 Å². The van der Waals surface area contributed by atoms with Gasteiger partial charge in [0.1, 0.15) is 12.2 Å². The number of ether oxygens (including phenoxy) is 4. The number of nitrogens with one attached hydrogen (secondary N) is 2. The van der Waals surface area contributed by atoms with Gasteiger partial charge in [0.15, 0.2) is 12.2 Å². The third-order valence-electron chi connectivity index (χ3n) is 3.93. The minimum Gasteiger partial charge on any atom is -0.457 e. The van der Waals surface area contributed by atoms with Crippen LogP contribution in [0.4, 0.5) is 0 Å². The molecule has 0 aliphatic carbocycles. The molecule has 0 aromatic heterocycles. The fourth-order valence-electron chi connectivity index (χ4n) is 2.77. The van der Waals surface area contributed by atoms with E-state index in [1.807, 2.05) is 13.8 Å². The summed E-state index contributed by atoms with van der Waals surface area (Å²) >= 11 is 0. The van der Waals surface area contributed by atoms with Gasteiger partial charge in [0.2, 0.25) is 11.8 Å². The fraction of sp³-hybridized carbons (Fsp3) is 0.778. The van der Waals surface area contributed by atoms with Gasteiger partial charge in [0.05, 0.1) is 26.1 Å². The summed E-state index contributed by atoms with van der Waals surface area (Å²) in [6, 6.07) is 0.